The minimum absolute atomic E-state index is 0.140. The predicted octanol–water partition coefficient (Wildman–Crippen LogP) is 0.393. The van der Waals surface area contributed by atoms with Crippen molar-refractivity contribution in [2.24, 2.45) is 5.73 Å². The molecule has 2 N–H and O–H groups in total. The van der Waals surface area contributed by atoms with E-state index in [0.29, 0.717) is 0 Å². The standard InChI is InChI=1S/C9H16N4/c1-8(10)12-5-2-6-13-9(7-12)3-4-11-13/h3-4,8H,2,5-7,10H2,1H3. The smallest absolute Gasteiger partial charge is 0.0546 e. The lowest BCUT2D eigenvalue weighted by Crippen LogP contribution is -2.39. The lowest BCUT2D eigenvalue weighted by Gasteiger charge is -2.23. The molecule has 2 heterocycles. The van der Waals surface area contributed by atoms with Gasteiger partial charge in [-0.25, -0.2) is 0 Å². The largest absolute Gasteiger partial charge is 0.316 e. The first kappa shape index (κ1) is 8.72. The summed E-state index contributed by atoms with van der Waals surface area (Å²) >= 11 is 0. The van der Waals surface area contributed by atoms with Crippen LogP contribution in [0.2, 0.25) is 0 Å². The molecule has 1 unspecified atom stereocenters. The maximum Gasteiger partial charge on any atom is 0.0546 e. The van der Waals surface area contributed by atoms with E-state index in [2.05, 4.69) is 20.7 Å². The molecule has 1 atom stereocenters. The first-order valence-electron chi connectivity index (χ1n) is 4.77. The van der Waals surface area contributed by atoms with Gasteiger partial charge in [-0.1, -0.05) is 0 Å². The quantitative estimate of drug-likeness (QED) is 0.680. The van der Waals surface area contributed by atoms with Gasteiger partial charge in [0, 0.05) is 25.8 Å². The summed E-state index contributed by atoms with van der Waals surface area (Å²) in [6, 6.07) is 2.07. The van der Waals surface area contributed by atoms with Crippen molar-refractivity contribution in [3.05, 3.63) is 18.0 Å². The molecule has 0 aromatic carbocycles. The van der Waals surface area contributed by atoms with E-state index in [1.807, 2.05) is 13.1 Å². The third kappa shape index (κ3) is 1.73. The van der Waals surface area contributed by atoms with Crippen molar-refractivity contribution >= 4 is 0 Å². The molecule has 13 heavy (non-hydrogen) atoms. The monoisotopic (exact) mass is 180 g/mol. The van der Waals surface area contributed by atoms with Gasteiger partial charge in [-0.2, -0.15) is 5.10 Å². The van der Waals surface area contributed by atoms with Gasteiger partial charge in [0.1, 0.15) is 0 Å². The Kier molecular flexibility index (Phi) is 2.33. The van der Waals surface area contributed by atoms with Crippen LogP contribution in [-0.2, 0) is 13.1 Å². The molecule has 1 aliphatic rings. The highest BCUT2D eigenvalue weighted by Gasteiger charge is 2.16. The molecule has 1 aromatic rings. The van der Waals surface area contributed by atoms with Crippen LogP contribution < -0.4 is 5.73 Å². The van der Waals surface area contributed by atoms with E-state index in [0.717, 1.165) is 26.1 Å². The molecule has 0 bridgehead atoms. The molecule has 0 saturated carbocycles. The third-order valence-electron chi connectivity index (χ3n) is 2.56. The summed E-state index contributed by atoms with van der Waals surface area (Å²) in [7, 11) is 0. The molecule has 0 fully saturated rings. The van der Waals surface area contributed by atoms with Gasteiger partial charge in [-0.05, 0) is 19.4 Å². The molecule has 4 nitrogen and oxygen atoms in total. The summed E-state index contributed by atoms with van der Waals surface area (Å²) in [5.41, 5.74) is 7.13. The number of aromatic nitrogens is 2. The molecule has 2 rings (SSSR count). The normalized spacial score (nSPS) is 20.8. The lowest BCUT2D eigenvalue weighted by atomic mass is 10.3. The van der Waals surface area contributed by atoms with E-state index >= 15 is 0 Å². The Morgan fingerprint density at radius 3 is 3.15 bits per heavy atom. The molecule has 0 radical (unpaired) electrons. The van der Waals surface area contributed by atoms with Gasteiger partial charge in [-0.15, -0.1) is 0 Å². The van der Waals surface area contributed by atoms with Crippen molar-refractivity contribution in [1.82, 2.24) is 14.7 Å². The summed E-state index contributed by atoms with van der Waals surface area (Å²) < 4.78 is 2.07. The zero-order valence-corrected chi connectivity index (χ0v) is 7.98. The predicted molar refractivity (Wildman–Crippen MR) is 50.9 cm³/mol. The lowest BCUT2D eigenvalue weighted by molar-refractivity contribution is 0.207. The van der Waals surface area contributed by atoms with Gasteiger partial charge >= 0.3 is 0 Å². The summed E-state index contributed by atoms with van der Waals surface area (Å²) in [5, 5.41) is 4.26. The first-order chi connectivity index (χ1) is 6.27. The second-order valence-electron chi connectivity index (χ2n) is 3.61. The fraction of sp³-hybridized carbons (Fsp3) is 0.667. The Balaban J connectivity index is 2.17. The molecular formula is C9H16N4. The molecule has 1 aromatic heterocycles. The van der Waals surface area contributed by atoms with Gasteiger partial charge in [-0.3, -0.25) is 9.58 Å². The summed E-state index contributed by atoms with van der Waals surface area (Å²) in [6.07, 6.45) is 3.14. The average molecular weight is 180 g/mol. The number of nitrogens with zero attached hydrogens (tertiary/aromatic N) is 3. The van der Waals surface area contributed by atoms with E-state index in [4.69, 9.17) is 5.73 Å². The van der Waals surface area contributed by atoms with Crippen LogP contribution in [0, 0.1) is 0 Å². The Hall–Kier alpha value is -0.870. The minimum atomic E-state index is 0.140. The van der Waals surface area contributed by atoms with Crippen LogP contribution in [0.1, 0.15) is 19.0 Å². The number of hydrogen-bond donors (Lipinski definition) is 1. The van der Waals surface area contributed by atoms with E-state index in [1.54, 1.807) is 0 Å². The fourth-order valence-electron chi connectivity index (χ4n) is 1.75. The summed E-state index contributed by atoms with van der Waals surface area (Å²) in [5.74, 6) is 0. The second kappa shape index (κ2) is 3.47. The highest BCUT2D eigenvalue weighted by atomic mass is 15.3. The van der Waals surface area contributed by atoms with Crippen molar-refractivity contribution in [2.45, 2.75) is 32.6 Å². The van der Waals surface area contributed by atoms with Crippen LogP contribution in [0.25, 0.3) is 0 Å². The molecule has 72 valence electrons. The maximum atomic E-state index is 5.86. The van der Waals surface area contributed by atoms with Crippen molar-refractivity contribution < 1.29 is 0 Å². The number of hydrogen-bond acceptors (Lipinski definition) is 3. The van der Waals surface area contributed by atoms with E-state index < -0.39 is 0 Å². The zero-order valence-electron chi connectivity index (χ0n) is 7.98. The van der Waals surface area contributed by atoms with E-state index in [1.165, 1.54) is 5.69 Å². The summed E-state index contributed by atoms with van der Waals surface area (Å²) in [6.45, 7) is 5.05. The second-order valence-corrected chi connectivity index (χ2v) is 3.61. The Morgan fingerprint density at radius 1 is 1.54 bits per heavy atom. The zero-order chi connectivity index (χ0) is 9.26. The van der Waals surface area contributed by atoms with Crippen LogP contribution in [0.4, 0.5) is 0 Å². The van der Waals surface area contributed by atoms with Gasteiger partial charge in [0.2, 0.25) is 0 Å². The van der Waals surface area contributed by atoms with Crippen LogP contribution in [0.5, 0.6) is 0 Å². The Morgan fingerprint density at radius 2 is 2.38 bits per heavy atom. The van der Waals surface area contributed by atoms with Crippen LogP contribution in [0.15, 0.2) is 12.3 Å². The number of nitrogens with two attached hydrogens (primary N) is 1. The third-order valence-corrected chi connectivity index (χ3v) is 2.56. The molecule has 1 aliphatic heterocycles. The average Bonchev–Trinajstić information content (AvgIpc) is 2.42. The molecular weight excluding hydrogens is 164 g/mol. The highest BCUT2D eigenvalue weighted by molar-refractivity contribution is 5.01. The van der Waals surface area contributed by atoms with Gasteiger partial charge in [0.15, 0.2) is 0 Å². The number of fused-ring (bicyclic) bond motifs is 1. The minimum Gasteiger partial charge on any atom is -0.316 e. The van der Waals surface area contributed by atoms with Crippen molar-refractivity contribution in [3.63, 3.8) is 0 Å². The molecule has 0 spiro atoms. The van der Waals surface area contributed by atoms with Crippen LogP contribution >= 0.6 is 0 Å². The van der Waals surface area contributed by atoms with Crippen molar-refractivity contribution in [1.29, 1.82) is 0 Å². The van der Waals surface area contributed by atoms with Crippen LogP contribution in [-0.4, -0.2) is 27.4 Å². The van der Waals surface area contributed by atoms with E-state index in [-0.39, 0.29) is 6.17 Å². The molecule has 0 amide bonds. The van der Waals surface area contributed by atoms with Crippen molar-refractivity contribution in [2.75, 3.05) is 6.54 Å². The number of aryl methyl sites for hydroxylation is 1. The van der Waals surface area contributed by atoms with Gasteiger partial charge in [0.05, 0.1) is 11.9 Å². The van der Waals surface area contributed by atoms with Crippen molar-refractivity contribution in [3.8, 4) is 0 Å². The van der Waals surface area contributed by atoms with Gasteiger partial charge < -0.3 is 5.73 Å². The van der Waals surface area contributed by atoms with Crippen LogP contribution in [0.3, 0.4) is 0 Å². The molecule has 4 heteroatoms. The summed E-state index contributed by atoms with van der Waals surface area (Å²) in [4.78, 5) is 2.28. The Labute approximate surface area is 78.3 Å². The van der Waals surface area contributed by atoms with E-state index in [9.17, 15) is 0 Å². The Bertz CT molecular complexity index is 279. The molecule has 0 saturated heterocycles. The maximum absolute atomic E-state index is 5.86. The fourth-order valence-corrected chi connectivity index (χ4v) is 1.75. The van der Waals surface area contributed by atoms with Gasteiger partial charge in [0.25, 0.3) is 0 Å². The number of rotatable bonds is 1. The highest BCUT2D eigenvalue weighted by Crippen LogP contribution is 2.11. The topological polar surface area (TPSA) is 47.1 Å². The molecule has 0 aliphatic carbocycles. The SMILES string of the molecule is CC(N)N1CCCn2nccc2C1. The first-order valence-corrected chi connectivity index (χ1v) is 4.77.